The molecule has 6 rings (SSSR count). The zero-order valence-corrected chi connectivity index (χ0v) is 30.2. The lowest BCUT2D eigenvalue weighted by Crippen LogP contribution is -2.59. The number of aryl methyl sites for hydroxylation is 1. The van der Waals surface area contributed by atoms with Crippen LogP contribution in [0.4, 0.5) is 14.5 Å². The number of fused-ring (bicyclic) bond motifs is 1. The number of benzene rings is 2. The first-order valence-electron chi connectivity index (χ1n) is 18.0. The molecule has 2 aromatic carbocycles. The molecule has 10 nitrogen and oxygen atoms in total. The van der Waals surface area contributed by atoms with E-state index in [0.29, 0.717) is 57.4 Å². The second-order valence-electron chi connectivity index (χ2n) is 14.5. The third-order valence-electron chi connectivity index (χ3n) is 11.1. The molecule has 51 heavy (non-hydrogen) atoms. The van der Waals surface area contributed by atoms with Gasteiger partial charge in [0.15, 0.2) is 0 Å². The summed E-state index contributed by atoms with van der Waals surface area (Å²) in [6.45, 7) is 6.46. The van der Waals surface area contributed by atoms with Gasteiger partial charge in [0.1, 0.15) is 12.5 Å². The van der Waals surface area contributed by atoms with Crippen LogP contribution in [0.5, 0.6) is 0 Å². The molecule has 2 N–H and O–H groups in total. The Balaban J connectivity index is 1.15. The smallest absolute Gasteiger partial charge is 0.306 e. The van der Waals surface area contributed by atoms with Crippen molar-refractivity contribution in [3.8, 4) is 0 Å². The number of para-hydroxylation sites is 1. The van der Waals surface area contributed by atoms with Gasteiger partial charge in [-0.15, -0.1) is 0 Å². The molecule has 1 saturated carbocycles. The van der Waals surface area contributed by atoms with Crippen molar-refractivity contribution in [2.24, 2.45) is 13.0 Å². The highest BCUT2D eigenvalue weighted by molar-refractivity contribution is 6.34. The van der Waals surface area contributed by atoms with E-state index in [9.17, 15) is 23.9 Å². The van der Waals surface area contributed by atoms with E-state index in [-0.39, 0.29) is 64.8 Å². The van der Waals surface area contributed by atoms with Gasteiger partial charge in [0.25, 0.3) is 5.91 Å². The highest BCUT2D eigenvalue weighted by Gasteiger charge is 2.42. The first-order valence-corrected chi connectivity index (χ1v) is 18.3. The molecule has 0 spiro atoms. The summed E-state index contributed by atoms with van der Waals surface area (Å²) < 4.78 is 37.0. The molecule has 1 aromatic heterocycles. The van der Waals surface area contributed by atoms with Gasteiger partial charge in [-0.25, -0.2) is 8.78 Å². The monoisotopic (exact) mass is 727 g/mol. The van der Waals surface area contributed by atoms with Crippen molar-refractivity contribution in [1.82, 2.24) is 19.3 Å². The fraction of sp³-hybridized carbons (Fsp3) is 0.553. The SMILES string of the molecule is C[C@@H]1CN([C@H]2C[C@@H](CO[C@H]3CC[C@H](C(=O)O)CC3)N(C(=O)Cc3cc(Cl)c(NC(=O)c4cn(C)c5ccccc45)cc3F)C2)C[C@H](C)N1CCF. The lowest BCUT2D eigenvalue weighted by atomic mass is 9.87. The predicted molar refractivity (Wildman–Crippen MR) is 192 cm³/mol. The molecular formula is C38H48ClF2N5O5. The Kier molecular flexibility index (Phi) is 11.6. The number of anilines is 1. The van der Waals surface area contributed by atoms with Crippen LogP contribution in [0.3, 0.4) is 0 Å². The molecule has 13 heteroatoms. The fourth-order valence-corrected chi connectivity index (χ4v) is 8.61. The summed E-state index contributed by atoms with van der Waals surface area (Å²) in [7, 11) is 1.85. The summed E-state index contributed by atoms with van der Waals surface area (Å²) in [5, 5.41) is 13.0. The zero-order valence-electron chi connectivity index (χ0n) is 29.5. The number of rotatable bonds is 11. The number of carboxylic acids is 1. The average molecular weight is 728 g/mol. The number of aromatic nitrogens is 1. The molecule has 3 aromatic rings. The zero-order chi connectivity index (χ0) is 36.4. The van der Waals surface area contributed by atoms with E-state index >= 15 is 4.39 Å². The van der Waals surface area contributed by atoms with E-state index in [1.807, 2.05) is 35.9 Å². The first kappa shape index (κ1) is 37.2. The van der Waals surface area contributed by atoms with E-state index in [1.54, 1.807) is 11.1 Å². The minimum atomic E-state index is -0.772. The molecule has 0 bridgehead atoms. The van der Waals surface area contributed by atoms with Gasteiger partial charge in [-0.1, -0.05) is 29.8 Å². The van der Waals surface area contributed by atoms with Crippen molar-refractivity contribution >= 4 is 46.0 Å². The maximum Gasteiger partial charge on any atom is 0.306 e. The third-order valence-corrected chi connectivity index (χ3v) is 11.4. The van der Waals surface area contributed by atoms with Crippen molar-refractivity contribution in [2.75, 3.05) is 44.8 Å². The molecular weight excluding hydrogens is 680 g/mol. The van der Waals surface area contributed by atoms with Crippen LogP contribution < -0.4 is 5.32 Å². The Bertz CT molecular complexity index is 1730. The van der Waals surface area contributed by atoms with Crippen molar-refractivity contribution in [3.63, 3.8) is 0 Å². The Morgan fingerprint density at radius 2 is 1.75 bits per heavy atom. The number of ether oxygens (including phenoxy) is 1. The van der Waals surface area contributed by atoms with E-state index in [1.165, 1.54) is 6.07 Å². The van der Waals surface area contributed by atoms with Gasteiger partial charge in [-0.2, -0.15) is 0 Å². The van der Waals surface area contributed by atoms with Crippen molar-refractivity contribution in [2.45, 2.75) is 82.6 Å². The van der Waals surface area contributed by atoms with Gasteiger partial charge in [0.05, 0.1) is 47.4 Å². The first-order chi connectivity index (χ1) is 24.4. The van der Waals surface area contributed by atoms with Crippen LogP contribution >= 0.6 is 11.6 Å². The second-order valence-corrected chi connectivity index (χ2v) is 14.9. The van der Waals surface area contributed by atoms with Gasteiger partial charge in [0.2, 0.25) is 5.91 Å². The van der Waals surface area contributed by atoms with E-state index in [2.05, 4.69) is 29.0 Å². The number of hydrogen-bond acceptors (Lipinski definition) is 6. The number of hydrogen-bond donors (Lipinski definition) is 2. The summed E-state index contributed by atoms with van der Waals surface area (Å²) in [6, 6.07) is 10.2. The second kappa shape index (κ2) is 16.0. The number of alkyl halides is 1. The highest BCUT2D eigenvalue weighted by atomic mass is 35.5. The van der Waals surface area contributed by atoms with E-state index in [0.717, 1.165) is 30.1 Å². The van der Waals surface area contributed by atoms with Crippen LogP contribution in [-0.4, -0.2) is 112 Å². The van der Waals surface area contributed by atoms with Gasteiger partial charge in [0, 0.05) is 68.5 Å². The number of carbonyl (C=O) groups excluding carboxylic acids is 2. The van der Waals surface area contributed by atoms with Crippen LogP contribution in [-0.2, 0) is 27.8 Å². The van der Waals surface area contributed by atoms with Gasteiger partial charge < -0.3 is 24.6 Å². The average Bonchev–Trinajstić information content (AvgIpc) is 3.69. The molecule has 0 radical (unpaired) electrons. The van der Waals surface area contributed by atoms with Crippen molar-refractivity contribution < 1.29 is 33.0 Å². The molecule has 0 unspecified atom stereocenters. The minimum absolute atomic E-state index is 0.0582. The standard InChI is InChI=1S/C38H48ClF2N5O5/c1-23-18-44(19-24(2)45(23)13-12-40)27-16-28(22-51-29-10-8-25(9-11-29)38(49)50)46(20-27)36(47)15-26-14-32(39)34(17-33(26)41)42-37(48)31-21-43(3)35-7-5-4-6-30(31)35/h4-7,14,17,21,23-25,27-29H,8-13,15-16,18-20,22H2,1-3H3,(H,42,48)(H,49,50)/t23-,24+,25-,27-,28-,29-/m0/s1. The normalized spacial score (nSPS) is 26.1. The number of piperazine rings is 1. The number of halogens is 3. The Morgan fingerprint density at radius 1 is 1.04 bits per heavy atom. The van der Waals surface area contributed by atoms with Crippen molar-refractivity contribution in [1.29, 1.82) is 0 Å². The van der Waals surface area contributed by atoms with Crippen LogP contribution in [0.2, 0.25) is 5.02 Å². The topological polar surface area (TPSA) is 107 Å². The summed E-state index contributed by atoms with van der Waals surface area (Å²) in [6.07, 6.45) is 4.54. The lowest BCUT2D eigenvalue weighted by Gasteiger charge is -2.46. The number of carboxylic acid groups (broad SMARTS) is 1. The number of aliphatic carboxylic acids is 1. The van der Waals surface area contributed by atoms with Gasteiger partial charge in [-0.3, -0.25) is 24.2 Å². The number of carbonyl (C=O) groups is 3. The number of likely N-dealkylation sites (tertiary alicyclic amines) is 1. The lowest BCUT2D eigenvalue weighted by molar-refractivity contribution is -0.144. The Hall–Kier alpha value is -3.58. The molecule has 276 valence electrons. The summed E-state index contributed by atoms with van der Waals surface area (Å²) >= 11 is 6.58. The number of amides is 2. The van der Waals surface area contributed by atoms with E-state index in [4.69, 9.17) is 16.3 Å². The minimum Gasteiger partial charge on any atom is -0.481 e. The molecule has 2 aliphatic heterocycles. The molecule has 1 aliphatic carbocycles. The van der Waals surface area contributed by atoms with Gasteiger partial charge in [-0.05, 0) is 69.7 Å². The van der Waals surface area contributed by atoms with Gasteiger partial charge >= 0.3 is 5.97 Å². The van der Waals surface area contributed by atoms with Crippen LogP contribution in [0, 0.1) is 11.7 Å². The molecule has 4 atom stereocenters. The number of nitrogens with zero attached hydrogens (tertiary/aromatic N) is 4. The molecule has 3 fully saturated rings. The van der Waals surface area contributed by atoms with E-state index < -0.39 is 24.4 Å². The Morgan fingerprint density at radius 3 is 2.43 bits per heavy atom. The molecule has 2 saturated heterocycles. The summed E-state index contributed by atoms with van der Waals surface area (Å²) in [5.74, 6) is -2.44. The maximum absolute atomic E-state index is 15.6. The predicted octanol–water partition coefficient (Wildman–Crippen LogP) is 5.76. The molecule has 3 heterocycles. The quantitative estimate of drug-likeness (QED) is 0.259. The molecule has 3 aliphatic rings. The summed E-state index contributed by atoms with van der Waals surface area (Å²) in [5.41, 5.74) is 1.56. The molecule has 2 amide bonds. The van der Waals surface area contributed by atoms with Crippen LogP contribution in [0.1, 0.15) is 61.9 Å². The van der Waals surface area contributed by atoms with Crippen LogP contribution in [0.25, 0.3) is 10.9 Å². The summed E-state index contributed by atoms with van der Waals surface area (Å²) in [4.78, 5) is 45.0. The van der Waals surface area contributed by atoms with Crippen LogP contribution in [0.15, 0.2) is 42.6 Å². The Labute approximate surface area is 302 Å². The number of nitrogens with one attached hydrogen (secondary N) is 1. The highest BCUT2D eigenvalue weighted by Crippen LogP contribution is 2.32. The fourth-order valence-electron chi connectivity index (χ4n) is 8.37. The third kappa shape index (κ3) is 8.24. The maximum atomic E-state index is 15.6. The largest absolute Gasteiger partial charge is 0.481 e. The van der Waals surface area contributed by atoms with Crippen molar-refractivity contribution in [3.05, 3.63) is 64.6 Å².